The minimum atomic E-state index is -0.867. The Hall–Kier alpha value is -7.06. The largest absolute Gasteiger partial charge is 0.493 e. The maximum absolute atomic E-state index is 12.4. The molecule has 0 aromatic heterocycles. The zero-order valence-electron chi connectivity index (χ0n) is 32.7. The van der Waals surface area contributed by atoms with E-state index in [1.54, 1.807) is 13.8 Å². The van der Waals surface area contributed by atoms with Gasteiger partial charge in [-0.2, -0.15) is 0 Å². The first kappa shape index (κ1) is 40.6. The molecule has 2 unspecified atom stereocenters. The summed E-state index contributed by atoms with van der Waals surface area (Å²) in [5.41, 5.74) is 6.85. The highest BCUT2D eigenvalue weighted by molar-refractivity contribution is 5.87. The number of rotatable bonds is 19. The van der Waals surface area contributed by atoms with Crippen molar-refractivity contribution in [3.05, 3.63) is 182 Å². The van der Waals surface area contributed by atoms with Crippen molar-refractivity contribution in [2.75, 3.05) is 13.2 Å². The van der Waals surface area contributed by atoms with E-state index in [0.29, 0.717) is 35.8 Å². The zero-order valence-corrected chi connectivity index (χ0v) is 32.7. The Bertz CT molecular complexity index is 2080. The van der Waals surface area contributed by atoms with Gasteiger partial charge in [-0.25, -0.2) is 9.59 Å². The molecule has 8 heteroatoms. The van der Waals surface area contributed by atoms with Crippen LogP contribution in [0.1, 0.15) is 26.7 Å². The molecule has 0 radical (unpaired) electrons. The summed E-state index contributed by atoms with van der Waals surface area (Å²) in [7, 11) is 0. The second kappa shape index (κ2) is 20.2. The molecule has 0 saturated heterocycles. The van der Waals surface area contributed by atoms with Gasteiger partial charge in [-0.15, -0.1) is 0 Å². The van der Waals surface area contributed by atoms with Crippen LogP contribution in [0.15, 0.2) is 182 Å². The third kappa shape index (κ3) is 12.0. The first-order valence-corrected chi connectivity index (χ1v) is 19.0. The second-order valence-corrected chi connectivity index (χ2v) is 13.6. The molecule has 0 saturated carbocycles. The van der Waals surface area contributed by atoms with Crippen molar-refractivity contribution >= 4 is 11.9 Å². The lowest BCUT2D eigenvalue weighted by atomic mass is 10.1. The van der Waals surface area contributed by atoms with Gasteiger partial charge in [-0.05, 0) is 95.8 Å². The normalized spacial score (nSPS) is 11.7. The van der Waals surface area contributed by atoms with E-state index in [2.05, 4.69) is 13.2 Å². The van der Waals surface area contributed by atoms with E-state index >= 15 is 0 Å². The van der Waals surface area contributed by atoms with Gasteiger partial charge in [0.25, 0.3) is 0 Å². The van der Waals surface area contributed by atoms with Crippen molar-refractivity contribution in [1.82, 2.24) is 0 Å². The highest BCUT2D eigenvalue weighted by Gasteiger charge is 2.19. The first-order valence-electron chi connectivity index (χ1n) is 19.0. The van der Waals surface area contributed by atoms with Crippen molar-refractivity contribution in [2.45, 2.75) is 39.3 Å². The second-order valence-electron chi connectivity index (χ2n) is 13.6. The van der Waals surface area contributed by atoms with Crippen molar-refractivity contribution in [1.29, 1.82) is 0 Å². The summed E-state index contributed by atoms with van der Waals surface area (Å²) in [4.78, 5) is 24.7. The van der Waals surface area contributed by atoms with Gasteiger partial charge in [0.05, 0.1) is 26.1 Å². The van der Waals surface area contributed by atoms with Crippen LogP contribution in [0.3, 0.4) is 0 Å². The summed E-state index contributed by atoms with van der Waals surface area (Å²) in [5, 5.41) is 0. The Morgan fingerprint density at radius 3 is 0.983 bits per heavy atom. The van der Waals surface area contributed by atoms with Gasteiger partial charge in [0.15, 0.2) is 0 Å². The molecule has 0 aliphatic rings. The van der Waals surface area contributed by atoms with Crippen molar-refractivity contribution < 1.29 is 38.0 Å². The van der Waals surface area contributed by atoms with Gasteiger partial charge in [-0.1, -0.05) is 122 Å². The van der Waals surface area contributed by atoms with E-state index in [1.807, 2.05) is 158 Å². The number of benzene rings is 6. The van der Waals surface area contributed by atoms with Crippen LogP contribution in [0, 0.1) is 0 Å². The highest BCUT2D eigenvalue weighted by atomic mass is 16.7. The number of carbonyl (C=O) groups is 2. The Kier molecular flexibility index (Phi) is 14.1. The number of ether oxygens (including phenoxy) is 6. The molecule has 6 aromatic carbocycles. The average Bonchev–Trinajstić information content (AvgIpc) is 3.25. The maximum Gasteiger partial charge on any atom is 0.336 e. The Morgan fingerprint density at radius 1 is 0.414 bits per heavy atom. The predicted octanol–water partition coefficient (Wildman–Crippen LogP) is 11.3. The summed E-state index contributed by atoms with van der Waals surface area (Å²) in [6.45, 7) is 11.1. The molecule has 6 aromatic rings. The topological polar surface area (TPSA) is 89.5 Å². The lowest BCUT2D eigenvalue weighted by molar-refractivity contribution is -0.161. The summed E-state index contributed by atoms with van der Waals surface area (Å²) in [5.74, 6) is 1.41. The third-order valence-electron chi connectivity index (χ3n) is 8.92. The molecule has 0 spiro atoms. The van der Waals surface area contributed by atoms with Crippen molar-refractivity contribution in [2.24, 2.45) is 0 Å². The number of esters is 2. The van der Waals surface area contributed by atoms with E-state index in [0.717, 1.165) is 33.4 Å². The Morgan fingerprint density at radius 2 is 0.690 bits per heavy atom. The predicted molar refractivity (Wildman–Crippen MR) is 227 cm³/mol. The molecule has 8 nitrogen and oxygen atoms in total. The van der Waals surface area contributed by atoms with Crippen LogP contribution in [0.2, 0.25) is 0 Å². The molecule has 6 rings (SSSR count). The molecule has 0 fully saturated rings. The van der Waals surface area contributed by atoms with E-state index in [1.165, 1.54) is 0 Å². The molecule has 58 heavy (non-hydrogen) atoms. The standard InChI is InChI=1S/C50H46O8/c1-35(2)49(51)57-47(55-45-27-19-39(20-28-45)37-11-7-5-8-12-37)31-33-53-43-23-15-41(16-24-43)42-17-25-44(26-18-42)54-34-32-48(58-50(52)36(3)4)56-46-29-21-40(22-30-46)38-13-9-6-10-14-38/h5-30,47-48H,1,3,31-34H2,2,4H3. The van der Waals surface area contributed by atoms with Gasteiger partial charge >= 0.3 is 11.9 Å². The molecular formula is C50H46O8. The summed E-state index contributed by atoms with van der Waals surface area (Å²) < 4.78 is 35.3. The number of hydrogen-bond acceptors (Lipinski definition) is 8. The van der Waals surface area contributed by atoms with Crippen LogP contribution in [0.5, 0.6) is 23.0 Å². The van der Waals surface area contributed by atoms with Gasteiger partial charge in [0.1, 0.15) is 23.0 Å². The summed E-state index contributed by atoms with van der Waals surface area (Å²) >= 11 is 0. The summed E-state index contributed by atoms with van der Waals surface area (Å²) in [6, 6.07) is 50.8. The van der Waals surface area contributed by atoms with E-state index in [9.17, 15) is 9.59 Å². The molecule has 0 N–H and O–H groups in total. The molecular weight excluding hydrogens is 729 g/mol. The van der Waals surface area contributed by atoms with Gasteiger partial charge in [0, 0.05) is 11.1 Å². The zero-order chi connectivity index (χ0) is 40.7. The van der Waals surface area contributed by atoms with Crippen LogP contribution in [-0.4, -0.2) is 37.7 Å². The Balaban J connectivity index is 0.986. The molecule has 0 amide bonds. The lowest BCUT2D eigenvalue weighted by Crippen LogP contribution is -2.26. The van der Waals surface area contributed by atoms with Gasteiger partial charge in [0.2, 0.25) is 12.6 Å². The van der Waals surface area contributed by atoms with E-state index in [4.69, 9.17) is 28.4 Å². The number of carbonyl (C=O) groups excluding carboxylic acids is 2. The van der Waals surface area contributed by atoms with Crippen molar-refractivity contribution in [3.8, 4) is 56.4 Å². The van der Waals surface area contributed by atoms with Crippen molar-refractivity contribution in [3.63, 3.8) is 0 Å². The fourth-order valence-corrected chi connectivity index (χ4v) is 5.77. The SMILES string of the molecule is C=C(C)C(=O)OC(CCOc1ccc(-c2ccc(OCCC(OC(=O)C(=C)C)Oc3ccc(-c4ccccc4)cc3)cc2)cc1)Oc1ccc(-c2ccccc2)cc1. The molecule has 0 heterocycles. The average molecular weight is 775 g/mol. The fraction of sp³-hybridized carbons (Fsp3) is 0.160. The maximum atomic E-state index is 12.4. The molecule has 294 valence electrons. The van der Waals surface area contributed by atoms with E-state index < -0.39 is 24.5 Å². The smallest absolute Gasteiger partial charge is 0.336 e. The van der Waals surface area contributed by atoms with E-state index in [-0.39, 0.29) is 24.4 Å². The molecule has 0 aliphatic carbocycles. The number of hydrogen-bond donors (Lipinski definition) is 0. The molecule has 0 aliphatic heterocycles. The molecule has 2 atom stereocenters. The van der Waals surface area contributed by atoms with Gasteiger partial charge in [-0.3, -0.25) is 0 Å². The highest BCUT2D eigenvalue weighted by Crippen LogP contribution is 2.27. The summed E-state index contributed by atoms with van der Waals surface area (Å²) in [6.07, 6.45) is -1.13. The van der Waals surface area contributed by atoms with Crippen LogP contribution >= 0.6 is 0 Å². The van der Waals surface area contributed by atoms with Crippen LogP contribution in [0.4, 0.5) is 0 Å². The quantitative estimate of drug-likeness (QED) is 0.0456. The van der Waals surface area contributed by atoms with Gasteiger partial charge < -0.3 is 28.4 Å². The monoisotopic (exact) mass is 774 g/mol. The lowest BCUT2D eigenvalue weighted by Gasteiger charge is -2.20. The third-order valence-corrected chi connectivity index (χ3v) is 8.92. The molecule has 0 bridgehead atoms. The Labute approximate surface area is 339 Å². The van der Waals surface area contributed by atoms with Crippen LogP contribution in [0.25, 0.3) is 33.4 Å². The van der Waals surface area contributed by atoms with Crippen LogP contribution in [-0.2, 0) is 19.1 Å². The first-order chi connectivity index (χ1) is 28.2. The minimum Gasteiger partial charge on any atom is -0.493 e. The van der Waals surface area contributed by atoms with Crippen LogP contribution < -0.4 is 18.9 Å². The fourth-order valence-electron chi connectivity index (χ4n) is 5.77. The minimum absolute atomic E-state index is 0.250.